The molecule has 0 aliphatic carbocycles. The Labute approximate surface area is 279 Å². The van der Waals surface area contributed by atoms with Crippen molar-refractivity contribution in [3.63, 3.8) is 0 Å². The number of hydrogen-bond donors (Lipinski definition) is 5. The number of carbonyl (C=O) groups excluding carboxylic acids is 4. The molecule has 4 rings (SSSR count). The molecule has 3 atom stereocenters. The SMILES string of the molecule is CC(C)(C)OC(=O)NN(Cc1ccccc1)CC(O)C(Cc1ccccc1)NC(=O)[C@@H](N)CC(=O)NC(=O)c1ccc2ccccc2n1. The monoisotopic (exact) mass is 654 g/mol. The highest BCUT2D eigenvalue weighted by Crippen LogP contribution is 2.13. The molecule has 0 bridgehead atoms. The smallest absolute Gasteiger partial charge is 0.422 e. The van der Waals surface area contributed by atoms with Crippen LogP contribution in [0.2, 0.25) is 0 Å². The second kappa shape index (κ2) is 16.6. The van der Waals surface area contributed by atoms with E-state index in [-0.39, 0.29) is 25.2 Å². The summed E-state index contributed by atoms with van der Waals surface area (Å²) in [7, 11) is 0. The molecule has 48 heavy (non-hydrogen) atoms. The van der Waals surface area contributed by atoms with Gasteiger partial charge in [0.25, 0.3) is 5.91 Å². The molecule has 0 saturated carbocycles. The number of amides is 4. The van der Waals surface area contributed by atoms with E-state index in [4.69, 9.17) is 10.5 Å². The number of imide groups is 1. The number of pyridine rings is 1. The van der Waals surface area contributed by atoms with Gasteiger partial charge in [0, 0.05) is 18.5 Å². The summed E-state index contributed by atoms with van der Waals surface area (Å²) in [6.07, 6.45) is -2.16. The molecule has 0 fully saturated rings. The van der Waals surface area contributed by atoms with Gasteiger partial charge in [0.05, 0.1) is 30.1 Å². The normalized spacial score (nSPS) is 13.3. The van der Waals surface area contributed by atoms with Gasteiger partial charge in [-0.1, -0.05) is 84.9 Å². The lowest BCUT2D eigenvalue weighted by Crippen LogP contribution is -2.56. The summed E-state index contributed by atoms with van der Waals surface area (Å²) < 4.78 is 5.43. The largest absolute Gasteiger partial charge is 0.443 e. The molecule has 6 N–H and O–H groups in total. The van der Waals surface area contributed by atoms with Gasteiger partial charge >= 0.3 is 6.09 Å². The Hall–Kier alpha value is -5.17. The van der Waals surface area contributed by atoms with Crippen LogP contribution in [0, 0.1) is 0 Å². The molecule has 2 unspecified atom stereocenters. The van der Waals surface area contributed by atoms with Crippen molar-refractivity contribution in [2.75, 3.05) is 6.54 Å². The molecule has 4 amide bonds. The van der Waals surface area contributed by atoms with Crippen LogP contribution in [0.3, 0.4) is 0 Å². The molecule has 0 spiro atoms. The van der Waals surface area contributed by atoms with E-state index < -0.39 is 54.0 Å². The lowest BCUT2D eigenvalue weighted by Gasteiger charge is -2.31. The number of nitrogens with zero attached hydrogens (tertiary/aromatic N) is 2. The van der Waals surface area contributed by atoms with Crippen molar-refractivity contribution in [1.82, 2.24) is 26.1 Å². The number of nitrogens with one attached hydrogen (secondary N) is 3. The van der Waals surface area contributed by atoms with E-state index in [1.165, 1.54) is 11.1 Å². The van der Waals surface area contributed by atoms with Crippen molar-refractivity contribution < 1.29 is 29.0 Å². The second-order valence-corrected chi connectivity index (χ2v) is 12.4. The third-order valence-electron chi connectivity index (χ3n) is 7.19. The number of benzene rings is 3. The Balaban J connectivity index is 1.43. The summed E-state index contributed by atoms with van der Waals surface area (Å²) in [6, 6.07) is 26.9. The Bertz CT molecular complexity index is 1700. The van der Waals surface area contributed by atoms with E-state index in [1.807, 2.05) is 72.8 Å². The van der Waals surface area contributed by atoms with Crippen LogP contribution in [0.25, 0.3) is 10.9 Å². The number of rotatable bonds is 13. The second-order valence-electron chi connectivity index (χ2n) is 12.4. The molecule has 0 saturated heterocycles. The lowest BCUT2D eigenvalue weighted by molar-refractivity contribution is -0.128. The Morgan fingerprint density at radius 3 is 2.17 bits per heavy atom. The van der Waals surface area contributed by atoms with Gasteiger partial charge in [-0.15, -0.1) is 0 Å². The molecule has 252 valence electrons. The number of aliphatic hydroxyl groups excluding tert-OH is 1. The molecular weight excluding hydrogens is 612 g/mol. The van der Waals surface area contributed by atoms with Crippen molar-refractivity contribution in [3.8, 4) is 0 Å². The summed E-state index contributed by atoms with van der Waals surface area (Å²) in [5.41, 5.74) is 10.4. The Morgan fingerprint density at radius 1 is 0.875 bits per heavy atom. The van der Waals surface area contributed by atoms with E-state index in [1.54, 1.807) is 39.0 Å². The van der Waals surface area contributed by atoms with Gasteiger partial charge in [-0.05, 0) is 50.5 Å². The number of para-hydroxylation sites is 1. The fraction of sp³-hybridized carbons (Fsp3) is 0.306. The van der Waals surface area contributed by atoms with E-state index in [9.17, 15) is 24.3 Å². The first-order valence-corrected chi connectivity index (χ1v) is 15.6. The van der Waals surface area contributed by atoms with Crippen LogP contribution < -0.4 is 21.8 Å². The zero-order valence-corrected chi connectivity index (χ0v) is 27.3. The maximum absolute atomic E-state index is 13.3. The van der Waals surface area contributed by atoms with Crippen molar-refractivity contribution in [2.24, 2.45) is 5.73 Å². The number of fused-ring (bicyclic) bond motifs is 1. The number of nitrogens with two attached hydrogens (primary N) is 1. The van der Waals surface area contributed by atoms with Crippen LogP contribution in [0.1, 0.15) is 48.8 Å². The van der Waals surface area contributed by atoms with Gasteiger partial charge in [-0.25, -0.2) is 14.8 Å². The van der Waals surface area contributed by atoms with Crippen molar-refractivity contribution in [2.45, 2.75) is 63.9 Å². The predicted octanol–water partition coefficient (Wildman–Crippen LogP) is 3.24. The van der Waals surface area contributed by atoms with Gasteiger partial charge < -0.3 is 20.9 Å². The van der Waals surface area contributed by atoms with E-state index in [0.29, 0.717) is 5.52 Å². The van der Waals surface area contributed by atoms with Crippen LogP contribution in [0.5, 0.6) is 0 Å². The van der Waals surface area contributed by atoms with Crippen LogP contribution in [-0.2, 0) is 27.3 Å². The Kier molecular flexibility index (Phi) is 12.3. The number of ether oxygens (including phenoxy) is 1. The van der Waals surface area contributed by atoms with Crippen LogP contribution in [-0.4, -0.2) is 69.2 Å². The molecule has 4 aromatic rings. The van der Waals surface area contributed by atoms with Crippen molar-refractivity contribution >= 4 is 34.7 Å². The first kappa shape index (κ1) is 35.7. The van der Waals surface area contributed by atoms with Crippen molar-refractivity contribution in [3.05, 3.63) is 114 Å². The molecule has 1 aromatic heterocycles. The van der Waals surface area contributed by atoms with Gasteiger partial charge in [0.2, 0.25) is 11.8 Å². The van der Waals surface area contributed by atoms with E-state index in [0.717, 1.165) is 16.5 Å². The lowest BCUT2D eigenvalue weighted by atomic mass is 10.00. The minimum Gasteiger partial charge on any atom is -0.443 e. The summed E-state index contributed by atoms with van der Waals surface area (Å²) in [6.45, 7) is 5.38. The van der Waals surface area contributed by atoms with Crippen LogP contribution >= 0.6 is 0 Å². The summed E-state index contributed by atoms with van der Waals surface area (Å²) in [4.78, 5) is 55.6. The highest BCUT2D eigenvalue weighted by atomic mass is 16.6. The maximum atomic E-state index is 13.3. The van der Waals surface area contributed by atoms with Gasteiger partial charge in [-0.2, -0.15) is 0 Å². The predicted molar refractivity (Wildman–Crippen MR) is 181 cm³/mol. The first-order valence-electron chi connectivity index (χ1n) is 15.6. The molecule has 1 heterocycles. The number of hydrogen-bond acceptors (Lipinski definition) is 9. The van der Waals surface area contributed by atoms with Crippen LogP contribution in [0.15, 0.2) is 97.1 Å². The zero-order valence-electron chi connectivity index (χ0n) is 27.3. The molecule has 0 radical (unpaired) electrons. The van der Waals surface area contributed by atoms with Gasteiger partial charge in [0.15, 0.2) is 0 Å². The molecule has 0 aliphatic rings. The Morgan fingerprint density at radius 2 is 1.50 bits per heavy atom. The highest BCUT2D eigenvalue weighted by Gasteiger charge is 2.29. The van der Waals surface area contributed by atoms with E-state index >= 15 is 0 Å². The standard InChI is InChI=1S/C36H42N6O6/c1-36(2,3)48-35(47)41-42(22-25-14-8-5-9-15-25)23-31(43)30(20-24-12-6-4-7-13-24)39-33(45)27(37)21-32(44)40-34(46)29-19-18-26-16-10-11-17-28(26)38-29/h4-19,27,30-31,43H,20-23,37H2,1-3H3,(H,39,45)(H,41,47)(H,40,44,46)/t27-,30?,31?/m0/s1. The average Bonchev–Trinajstić information content (AvgIpc) is 3.04. The zero-order chi connectivity index (χ0) is 34.7. The first-order chi connectivity index (χ1) is 22.9. The van der Waals surface area contributed by atoms with Crippen LogP contribution in [0.4, 0.5) is 4.79 Å². The van der Waals surface area contributed by atoms with Gasteiger partial charge in [0.1, 0.15) is 11.3 Å². The van der Waals surface area contributed by atoms with E-state index in [2.05, 4.69) is 21.0 Å². The summed E-state index contributed by atoms with van der Waals surface area (Å²) in [5.74, 6) is -2.17. The van der Waals surface area contributed by atoms with Gasteiger partial charge in [-0.3, -0.25) is 25.1 Å². The number of hydrazine groups is 1. The third-order valence-corrected chi connectivity index (χ3v) is 7.19. The highest BCUT2D eigenvalue weighted by molar-refractivity contribution is 6.05. The van der Waals surface area contributed by atoms with Crippen molar-refractivity contribution in [1.29, 1.82) is 0 Å². The summed E-state index contributed by atoms with van der Waals surface area (Å²) in [5, 5.41) is 18.8. The molecule has 3 aromatic carbocycles. The fourth-order valence-electron chi connectivity index (χ4n) is 4.90. The quantitative estimate of drug-likeness (QED) is 0.136. The fourth-order valence-corrected chi connectivity index (χ4v) is 4.90. The summed E-state index contributed by atoms with van der Waals surface area (Å²) >= 11 is 0. The number of aliphatic hydroxyl groups is 1. The number of carbonyl (C=O) groups is 4. The molecular formula is C36H42N6O6. The maximum Gasteiger partial charge on any atom is 0.422 e. The minimum absolute atomic E-state index is 0.0474. The minimum atomic E-state index is -1.33. The topological polar surface area (TPSA) is 176 Å². The molecule has 12 heteroatoms. The third kappa shape index (κ3) is 11.3. The number of aromatic nitrogens is 1. The molecule has 12 nitrogen and oxygen atoms in total. The average molecular weight is 655 g/mol. The molecule has 0 aliphatic heterocycles.